The molecule has 0 saturated heterocycles. The summed E-state index contributed by atoms with van der Waals surface area (Å²) < 4.78 is 0. The smallest absolute Gasteiger partial charge is 0.306 e. The van der Waals surface area contributed by atoms with Crippen LogP contribution in [0.15, 0.2) is 24.3 Å². The van der Waals surface area contributed by atoms with Crippen LogP contribution in [0.3, 0.4) is 0 Å². The predicted molar refractivity (Wildman–Crippen MR) is 85.4 cm³/mol. The third-order valence-corrected chi connectivity index (χ3v) is 4.57. The van der Waals surface area contributed by atoms with E-state index in [1.807, 2.05) is 30.5 Å². The van der Waals surface area contributed by atoms with Crippen molar-refractivity contribution in [3.63, 3.8) is 0 Å². The average Bonchev–Trinajstić information content (AvgIpc) is 2.49. The zero-order valence-corrected chi connectivity index (χ0v) is 13.0. The number of para-hydroxylation sites is 1. The molecule has 0 aliphatic heterocycles. The summed E-state index contributed by atoms with van der Waals surface area (Å²) in [5.74, 6) is -0.554. The quantitative estimate of drug-likeness (QED) is 0.875. The summed E-state index contributed by atoms with van der Waals surface area (Å²) in [5.41, 5.74) is 1.94. The molecule has 1 aliphatic rings. The molecular weight excluding hydrogens is 286 g/mol. The van der Waals surface area contributed by atoms with Crippen LogP contribution in [0, 0.1) is 11.8 Å². The van der Waals surface area contributed by atoms with Crippen LogP contribution in [0.5, 0.6) is 0 Å². The van der Waals surface area contributed by atoms with Gasteiger partial charge in [0.15, 0.2) is 0 Å². The lowest BCUT2D eigenvalue weighted by atomic mass is 9.81. The second-order valence-corrected chi connectivity index (χ2v) is 6.34. The normalized spacial score (nSPS) is 21.8. The molecule has 2 N–H and O–H groups in total. The van der Waals surface area contributed by atoms with Gasteiger partial charge >= 0.3 is 5.97 Å². The number of carboxylic acid groups (broad SMARTS) is 1. The van der Waals surface area contributed by atoms with Crippen molar-refractivity contribution in [2.45, 2.75) is 31.4 Å². The predicted octanol–water partition coefficient (Wildman–Crippen LogP) is 3.38. The number of hydrogen-bond acceptors (Lipinski definition) is 3. The monoisotopic (exact) mass is 307 g/mol. The SMILES string of the molecule is CSCc1ccccc1NC(=O)C1CCCC(C(=O)O)C1. The van der Waals surface area contributed by atoms with Gasteiger partial charge in [-0.15, -0.1) is 0 Å². The number of carbonyl (C=O) groups is 2. The largest absolute Gasteiger partial charge is 0.481 e. The van der Waals surface area contributed by atoms with E-state index in [2.05, 4.69) is 5.32 Å². The number of carboxylic acids is 1. The van der Waals surface area contributed by atoms with Crippen molar-refractivity contribution in [1.29, 1.82) is 0 Å². The summed E-state index contributed by atoms with van der Waals surface area (Å²) >= 11 is 1.71. The van der Waals surface area contributed by atoms with E-state index < -0.39 is 5.97 Å². The number of rotatable bonds is 5. The molecule has 2 atom stereocenters. The topological polar surface area (TPSA) is 66.4 Å². The number of thioether (sulfide) groups is 1. The van der Waals surface area contributed by atoms with Gasteiger partial charge in [-0.05, 0) is 37.1 Å². The highest BCUT2D eigenvalue weighted by Gasteiger charge is 2.31. The fourth-order valence-corrected chi connectivity index (χ4v) is 3.37. The number of anilines is 1. The standard InChI is InChI=1S/C16H21NO3S/c1-21-10-13-5-2-3-8-14(13)17-15(18)11-6-4-7-12(9-11)16(19)20/h2-3,5,8,11-12H,4,6-7,9-10H2,1H3,(H,17,18)(H,19,20). The van der Waals surface area contributed by atoms with E-state index in [1.54, 1.807) is 11.8 Å². The van der Waals surface area contributed by atoms with Gasteiger partial charge < -0.3 is 10.4 Å². The first kappa shape index (κ1) is 15.9. The zero-order chi connectivity index (χ0) is 15.2. The van der Waals surface area contributed by atoms with Crippen molar-refractivity contribution in [3.8, 4) is 0 Å². The van der Waals surface area contributed by atoms with Gasteiger partial charge in [0, 0.05) is 17.4 Å². The van der Waals surface area contributed by atoms with E-state index >= 15 is 0 Å². The minimum Gasteiger partial charge on any atom is -0.481 e. The second-order valence-electron chi connectivity index (χ2n) is 5.48. The number of carbonyl (C=O) groups excluding carboxylic acids is 1. The van der Waals surface area contributed by atoms with E-state index in [1.165, 1.54) is 0 Å². The van der Waals surface area contributed by atoms with Gasteiger partial charge in [0.2, 0.25) is 5.91 Å². The van der Waals surface area contributed by atoms with Gasteiger partial charge in [-0.2, -0.15) is 11.8 Å². The molecule has 1 fully saturated rings. The summed E-state index contributed by atoms with van der Waals surface area (Å²) in [5, 5.41) is 12.1. The zero-order valence-electron chi connectivity index (χ0n) is 12.2. The first-order chi connectivity index (χ1) is 10.1. The Morgan fingerprint density at radius 1 is 1.29 bits per heavy atom. The highest BCUT2D eigenvalue weighted by Crippen LogP contribution is 2.30. The molecule has 1 saturated carbocycles. The minimum absolute atomic E-state index is 0.0468. The lowest BCUT2D eigenvalue weighted by molar-refractivity contribution is -0.143. The van der Waals surface area contributed by atoms with E-state index in [-0.39, 0.29) is 17.7 Å². The van der Waals surface area contributed by atoms with Gasteiger partial charge in [-0.1, -0.05) is 24.6 Å². The van der Waals surface area contributed by atoms with Crippen molar-refractivity contribution in [3.05, 3.63) is 29.8 Å². The summed E-state index contributed by atoms with van der Waals surface area (Å²) in [6.07, 6.45) is 4.74. The average molecular weight is 307 g/mol. The summed E-state index contributed by atoms with van der Waals surface area (Å²) in [6.45, 7) is 0. The van der Waals surface area contributed by atoms with Crippen LogP contribution < -0.4 is 5.32 Å². The lowest BCUT2D eigenvalue weighted by Crippen LogP contribution is -2.31. The Hall–Kier alpha value is -1.49. The molecule has 4 nitrogen and oxygen atoms in total. The Labute approximate surface area is 129 Å². The summed E-state index contributed by atoms with van der Waals surface area (Å²) in [4.78, 5) is 23.5. The summed E-state index contributed by atoms with van der Waals surface area (Å²) in [7, 11) is 0. The first-order valence-corrected chi connectivity index (χ1v) is 8.61. The number of aliphatic carboxylic acids is 1. The fourth-order valence-electron chi connectivity index (χ4n) is 2.81. The van der Waals surface area contributed by atoms with Crippen LogP contribution in [0.4, 0.5) is 5.69 Å². The molecule has 114 valence electrons. The van der Waals surface area contributed by atoms with Crippen molar-refractivity contribution >= 4 is 29.3 Å². The molecule has 1 amide bonds. The maximum atomic E-state index is 12.4. The van der Waals surface area contributed by atoms with Crippen LogP contribution in [-0.2, 0) is 15.3 Å². The van der Waals surface area contributed by atoms with Gasteiger partial charge in [-0.3, -0.25) is 9.59 Å². The molecular formula is C16H21NO3S. The minimum atomic E-state index is -0.782. The number of nitrogens with one attached hydrogen (secondary N) is 1. The lowest BCUT2D eigenvalue weighted by Gasteiger charge is -2.26. The number of amides is 1. The maximum absolute atomic E-state index is 12.4. The molecule has 0 radical (unpaired) electrons. The van der Waals surface area contributed by atoms with Crippen molar-refractivity contribution < 1.29 is 14.7 Å². The molecule has 2 unspecified atom stereocenters. The Kier molecular flexibility index (Phi) is 5.67. The maximum Gasteiger partial charge on any atom is 0.306 e. The van der Waals surface area contributed by atoms with Crippen LogP contribution in [0.1, 0.15) is 31.2 Å². The molecule has 0 aromatic heterocycles. The van der Waals surface area contributed by atoms with Crippen LogP contribution >= 0.6 is 11.8 Å². The molecule has 1 aliphatic carbocycles. The van der Waals surface area contributed by atoms with Crippen molar-refractivity contribution in [2.24, 2.45) is 11.8 Å². The third-order valence-electron chi connectivity index (χ3n) is 3.97. The highest BCUT2D eigenvalue weighted by molar-refractivity contribution is 7.97. The number of hydrogen-bond donors (Lipinski definition) is 2. The van der Waals surface area contributed by atoms with Crippen LogP contribution in [-0.4, -0.2) is 23.2 Å². The van der Waals surface area contributed by atoms with Gasteiger partial charge in [0.25, 0.3) is 0 Å². The van der Waals surface area contributed by atoms with Gasteiger partial charge in [0.05, 0.1) is 5.92 Å². The van der Waals surface area contributed by atoms with Gasteiger partial charge in [-0.25, -0.2) is 0 Å². The molecule has 21 heavy (non-hydrogen) atoms. The second kappa shape index (κ2) is 7.50. The van der Waals surface area contributed by atoms with Crippen LogP contribution in [0.2, 0.25) is 0 Å². The fraction of sp³-hybridized carbons (Fsp3) is 0.500. The Morgan fingerprint density at radius 2 is 2.00 bits per heavy atom. The molecule has 1 aromatic carbocycles. The highest BCUT2D eigenvalue weighted by atomic mass is 32.2. The number of benzene rings is 1. The molecule has 5 heteroatoms. The molecule has 1 aromatic rings. The van der Waals surface area contributed by atoms with Crippen molar-refractivity contribution in [2.75, 3.05) is 11.6 Å². The van der Waals surface area contributed by atoms with E-state index in [4.69, 9.17) is 5.11 Å². The molecule has 0 heterocycles. The van der Waals surface area contributed by atoms with E-state index in [9.17, 15) is 9.59 Å². The molecule has 0 bridgehead atoms. The Morgan fingerprint density at radius 3 is 2.71 bits per heavy atom. The van der Waals surface area contributed by atoms with Crippen LogP contribution in [0.25, 0.3) is 0 Å². The van der Waals surface area contributed by atoms with Crippen molar-refractivity contribution in [1.82, 2.24) is 0 Å². The first-order valence-electron chi connectivity index (χ1n) is 7.22. The molecule has 2 rings (SSSR count). The Bertz CT molecular complexity index is 518. The third kappa shape index (κ3) is 4.24. The van der Waals surface area contributed by atoms with E-state index in [0.29, 0.717) is 12.8 Å². The van der Waals surface area contributed by atoms with E-state index in [0.717, 1.165) is 29.8 Å². The van der Waals surface area contributed by atoms with Gasteiger partial charge in [0.1, 0.15) is 0 Å². The Balaban J connectivity index is 2.02. The summed E-state index contributed by atoms with van der Waals surface area (Å²) in [6, 6.07) is 7.77. The molecule has 0 spiro atoms.